The van der Waals surface area contributed by atoms with Gasteiger partial charge in [0.25, 0.3) is 0 Å². The van der Waals surface area contributed by atoms with Gasteiger partial charge in [-0.15, -0.1) is 0 Å². The van der Waals surface area contributed by atoms with E-state index in [-0.39, 0.29) is 23.8 Å². The first-order valence-electron chi connectivity index (χ1n) is 11.9. The molecule has 0 spiro atoms. The lowest BCUT2D eigenvalue weighted by atomic mass is 9.98. The van der Waals surface area contributed by atoms with Gasteiger partial charge in [-0.25, -0.2) is 9.59 Å². The average molecular weight is 524 g/mol. The lowest BCUT2D eigenvalue weighted by molar-refractivity contribution is -0.135. The summed E-state index contributed by atoms with van der Waals surface area (Å²) in [6, 6.07) is 20.4. The van der Waals surface area contributed by atoms with Crippen LogP contribution in [0.1, 0.15) is 36.3 Å². The topological polar surface area (TPSA) is 151 Å². The Balaban J connectivity index is 1.17. The second-order valence-corrected chi connectivity index (χ2v) is 10.3. The zero-order valence-corrected chi connectivity index (χ0v) is 20.9. The Morgan fingerprint density at radius 2 is 1.49 bits per heavy atom. The number of alkyl carbamates (subject to hydrolysis) is 1. The minimum Gasteiger partial charge on any atom is -0.449 e. The quantitative estimate of drug-likeness (QED) is 0.207. The summed E-state index contributed by atoms with van der Waals surface area (Å²) >= 11 is 0. The van der Waals surface area contributed by atoms with E-state index in [1.807, 2.05) is 24.3 Å². The largest absolute Gasteiger partial charge is 0.449 e. The molecular formula is C27H29N3O6S. The van der Waals surface area contributed by atoms with Crippen molar-refractivity contribution in [2.45, 2.75) is 36.1 Å². The fourth-order valence-electron chi connectivity index (χ4n) is 4.30. The van der Waals surface area contributed by atoms with Crippen LogP contribution < -0.4 is 16.8 Å². The summed E-state index contributed by atoms with van der Waals surface area (Å²) in [4.78, 5) is 24.2. The zero-order valence-electron chi connectivity index (χ0n) is 20.1. The van der Waals surface area contributed by atoms with Crippen LogP contribution in [0.4, 0.5) is 10.5 Å². The van der Waals surface area contributed by atoms with E-state index in [0.29, 0.717) is 25.1 Å². The average Bonchev–Trinajstić information content (AvgIpc) is 3.21. The Kier molecular flexibility index (Phi) is 8.10. The highest BCUT2D eigenvalue weighted by Crippen LogP contribution is 2.44. The van der Waals surface area contributed by atoms with E-state index in [1.54, 1.807) is 0 Å². The van der Waals surface area contributed by atoms with E-state index < -0.39 is 28.2 Å². The number of nitrogen functional groups attached to an aromatic ring is 1. The number of hydrogen-bond acceptors (Lipinski definition) is 8. The molecule has 0 saturated carbocycles. The second kappa shape index (κ2) is 11.4. The maximum absolute atomic E-state index is 12.2. The van der Waals surface area contributed by atoms with Crippen LogP contribution in [0, 0.1) is 0 Å². The molecule has 0 aliphatic heterocycles. The highest BCUT2D eigenvalue weighted by atomic mass is 32.2. The van der Waals surface area contributed by atoms with Crippen molar-refractivity contribution in [2.24, 2.45) is 5.73 Å². The van der Waals surface area contributed by atoms with Crippen LogP contribution in [0.5, 0.6) is 0 Å². The molecule has 37 heavy (non-hydrogen) atoms. The van der Waals surface area contributed by atoms with Crippen LogP contribution in [0.2, 0.25) is 0 Å². The van der Waals surface area contributed by atoms with Gasteiger partial charge in [-0.2, -0.15) is 8.42 Å². The molecule has 0 heterocycles. The lowest BCUT2D eigenvalue weighted by Gasteiger charge is -2.15. The van der Waals surface area contributed by atoms with Gasteiger partial charge < -0.3 is 25.7 Å². The number of amides is 1. The van der Waals surface area contributed by atoms with E-state index in [9.17, 15) is 18.0 Å². The van der Waals surface area contributed by atoms with Gasteiger partial charge in [0.05, 0.1) is 0 Å². The second-order valence-electron chi connectivity index (χ2n) is 8.78. The van der Waals surface area contributed by atoms with Gasteiger partial charge in [-0.3, -0.25) is 0 Å². The third-order valence-corrected chi connectivity index (χ3v) is 7.45. The van der Waals surface area contributed by atoms with Crippen LogP contribution in [-0.2, 0) is 23.8 Å². The molecule has 0 unspecified atom stereocenters. The molecule has 3 aromatic carbocycles. The molecule has 0 saturated heterocycles. The molecule has 1 aliphatic rings. The van der Waals surface area contributed by atoms with Crippen LogP contribution in [0.25, 0.3) is 11.1 Å². The molecule has 5 N–H and O–H groups in total. The number of unbranched alkanes of at least 4 members (excludes halogenated alkanes) is 1. The minimum absolute atomic E-state index is 0.0216. The summed E-state index contributed by atoms with van der Waals surface area (Å²) in [6.07, 6.45) is 0.667. The maximum atomic E-state index is 12.2. The number of anilines is 1. The first kappa shape index (κ1) is 26.2. The van der Waals surface area contributed by atoms with Crippen LogP contribution in [0.3, 0.4) is 0 Å². The Bertz CT molecular complexity index is 1330. The molecular weight excluding hydrogens is 494 g/mol. The summed E-state index contributed by atoms with van der Waals surface area (Å²) < 4.78 is 34.5. The number of benzene rings is 3. The molecule has 0 bridgehead atoms. The van der Waals surface area contributed by atoms with Crippen molar-refractivity contribution < 1.29 is 26.9 Å². The van der Waals surface area contributed by atoms with Crippen molar-refractivity contribution in [2.75, 3.05) is 18.9 Å². The minimum atomic E-state index is -4.28. The van der Waals surface area contributed by atoms with E-state index in [4.69, 9.17) is 16.2 Å². The highest BCUT2D eigenvalue weighted by molar-refractivity contribution is 7.87. The summed E-state index contributed by atoms with van der Waals surface area (Å²) in [5.74, 6) is -1.06. The Morgan fingerprint density at radius 3 is 2.11 bits per heavy atom. The summed E-state index contributed by atoms with van der Waals surface area (Å²) in [7, 11) is -4.28. The summed E-state index contributed by atoms with van der Waals surface area (Å²) in [5.41, 5.74) is 16.3. The fraction of sp³-hybridized carbons (Fsp3) is 0.259. The Hall–Kier alpha value is -3.89. The number of fused-ring (bicyclic) bond motifs is 3. The third-order valence-electron chi connectivity index (χ3n) is 6.22. The first-order chi connectivity index (χ1) is 17.8. The SMILES string of the molecule is Nc1ccc(S(=O)(=O)OC(=O)[C@@H](N)CCCCNC(=O)OCC2c3ccccc3-c3ccccc32)cc1. The molecule has 4 rings (SSSR count). The molecule has 0 fully saturated rings. The van der Waals surface area contributed by atoms with E-state index in [2.05, 4.69) is 33.8 Å². The van der Waals surface area contributed by atoms with Gasteiger partial charge in [0.2, 0.25) is 0 Å². The molecule has 1 atom stereocenters. The molecule has 1 amide bonds. The number of carbonyl (C=O) groups excluding carboxylic acids is 2. The highest BCUT2D eigenvalue weighted by Gasteiger charge is 2.29. The monoisotopic (exact) mass is 523 g/mol. The number of carbonyl (C=O) groups is 2. The summed E-state index contributed by atoms with van der Waals surface area (Å²) in [5, 5.41) is 2.70. The van der Waals surface area contributed by atoms with E-state index in [1.165, 1.54) is 24.3 Å². The van der Waals surface area contributed by atoms with Crippen molar-refractivity contribution in [1.29, 1.82) is 0 Å². The van der Waals surface area contributed by atoms with Crippen molar-refractivity contribution >= 4 is 27.9 Å². The normalized spacial score (nSPS) is 13.3. The standard InChI is InChI=1S/C27H29N3O6S/c28-18-12-14-19(15-13-18)37(33,34)36-26(31)25(29)11-5-6-16-30-27(32)35-17-24-22-9-3-1-7-20(22)21-8-2-4-10-23(21)24/h1-4,7-10,12-15,24-25H,5-6,11,16-17,28-29H2,(H,30,32)/t25-/m0/s1. The number of nitrogens with one attached hydrogen (secondary N) is 1. The number of nitrogens with two attached hydrogens (primary N) is 2. The van der Waals surface area contributed by atoms with Gasteiger partial charge in [0, 0.05) is 18.2 Å². The maximum Gasteiger partial charge on any atom is 0.407 e. The number of hydrogen-bond donors (Lipinski definition) is 3. The van der Waals surface area contributed by atoms with Crippen molar-refractivity contribution in [3.63, 3.8) is 0 Å². The van der Waals surface area contributed by atoms with Crippen LogP contribution in [-0.4, -0.2) is 39.7 Å². The number of ether oxygens (including phenoxy) is 1. The molecule has 10 heteroatoms. The lowest BCUT2D eigenvalue weighted by Crippen LogP contribution is -2.34. The smallest absolute Gasteiger partial charge is 0.407 e. The van der Waals surface area contributed by atoms with E-state index >= 15 is 0 Å². The molecule has 194 valence electrons. The Labute approximate surface area is 215 Å². The molecule has 1 aliphatic carbocycles. The first-order valence-corrected chi connectivity index (χ1v) is 13.4. The van der Waals surface area contributed by atoms with E-state index in [0.717, 1.165) is 22.3 Å². The Morgan fingerprint density at radius 1 is 0.892 bits per heavy atom. The van der Waals surface area contributed by atoms with Crippen molar-refractivity contribution in [3.8, 4) is 11.1 Å². The van der Waals surface area contributed by atoms with Gasteiger partial charge in [0.15, 0.2) is 0 Å². The molecule has 9 nitrogen and oxygen atoms in total. The van der Waals surface area contributed by atoms with Crippen LogP contribution in [0.15, 0.2) is 77.7 Å². The van der Waals surface area contributed by atoms with Gasteiger partial charge >= 0.3 is 22.2 Å². The molecule has 0 radical (unpaired) electrons. The van der Waals surface area contributed by atoms with Crippen molar-refractivity contribution in [3.05, 3.63) is 83.9 Å². The van der Waals surface area contributed by atoms with Crippen molar-refractivity contribution in [1.82, 2.24) is 5.32 Å². The van der Waals surface area contributed by atoms with Crippen LogP contribution >= 0.6 is 0 Å². The predicted molar refractivity (Wildman–Crippen MR) is 139 cm³/mol. The van der Waals surface area contributed by atoms with Gasteiger partial charge in [-0.05, 0) is 65.8 Å². The molecule has 3 aromatic rings. The predicted octanol–water partition coefficient (Wildman–Crippen LogP) is 3.54. The third kappa shape index (κ3) is 6.28. The fourth-order valence-corrected chi connectivity index (χ4v) is 5.21. The zero-order chi connectivity index (χ0) is 26.4. The molecule has 0 aromatic heterocycles. The summed E-state index contributed by atoms with van der Waals surface area (Å²) in [6.45, 7) is 0.543. The number of rotatable bonds is 10. The van der Waals surface area contributed by atoms with Gasteiger partial charge in [0.1, 0.15) is 17.5 Å². The van der Waals surface area contributed by atoms with Gasteiger partial charge in [-0.1, -0.05) is 48.5 Å².